The predicted octanol–water partition coefficient (Wildman–Crippen LogP) is 2.30. The Morgan fingerprint density at radius 1 is 1.39 bits per heavy atom. The van der Waals surface area contributed by atoms with E-state index in [2.05, 4.69) is 15.6 Å². The average molecular weight is 286 g/mol. The minimum Gasteiger partial charge on any atom is -0.338 e. The topological polar surface area (TPSA) is 53.5 Å². The zero-order valence-corrected chi connectivity index (χ0v) is 11.6. The molecule has 1 aromatic carbocycles. The molecule has 1 aliphatic rings. The number of halogens is 2. The highest BCUT2D eigenvalue weighted by Gasteiger charge is 2.43. The van der Waals surface area contributed by atoms with E-state index >= 15 is 0 Å². The Labute approximate surface area is 115 Å². The summed E-state index contributed by atoms with van der Waals surface area (Å²) >= 11 is 12.0. The second-order valence-corrected chi connectivity index (χ2v) is 4.99. The smallest absolute Gasteiger partial charge is 0.256 e. The molecule has 6 heteroatoms. The minimum atomic E-state index is -0.921. The highest BCUT2D eigenvalue weighted by atomic mass is 35.5. The summed E-state index contributed by atoms with van der Waals surface area (Å²) in [6.07, 6.45) is 0. The molecule has 2 N–H and O–H groups in total. The summed E-state index contributed by atoms with van der Waals surface area (Å²) < 4.78 is 0. The molecule has 1 heterocycles. The third-order valence-corrected chi connectivity index (χ3v) is 3.39. The van der Waals surface area contributed by atoms with E-state index in [-0.39, 0.29) is 5.91 Å². The van der Waals surface area contributed by atoms with Crippen molar-refractivity contribution in [1.82, 2.24) is 10.6 Å². The van der Waals surface area contributed by atoms with Crippen LogP contribution >= 0.6 is 23.2 Å². The van der Waals surface area contributed by atoms with Crippen molar-refractivity contribution < 1.29 is 4.79 Å². The molecule has 1 amide bonds. The molecule has 18 heavy (non-hydrogen) atoms. The lowest BCUT2D eigenvalue weighted by atomic mass is 9.92. The van der Waals surface area contributed by atoms with E-state index in [0.29, 0.717) is 28.1 Å². The van der Waals surface area contributed by atoms with Crippen LogP contribution < -0.4 is 10.6 Å². The van der Waals surface area contributed by atoms with Crippen molar-refractivity contribution in [2.45, 2.75) is 19.4 Å². The lowest BCUT2D eigenvalue weighted by molar-refractivity contribution is -0.123. The number of amides is 1. The van der Waals surface area contributed by atoms with Crippen molar-refractivity contribution >= 4 is 35.1 Å². The quantitative estimate of drug-likeness (QED) is 0.876. The molecule has 2 rings (SSSR count). The van der Waals surface area contributed by atoms with Crippen molar-refractivity contribution in [3.63, 3.8) is 0 Å². The third-order valence-electron chi connectivity index (χ3n) is 2.84. The van der Waals surface area contributed by atoms with Crippen molar-refractivity contribution in [3.8, 4) is 0 Å². The first-order valence-corrected chi connectivity index (χ1v) is 6.32. The van der Waals surface area contributed by atoms with E-state index in [1.165, 1.54) is 0 Å². The molecule has 1 unspecified atom stereocenters. The first kappa shape index (κ1) is 13.2. The number of guanidine groups is 1. The van der Waals surface area contributed by atoms with Gasteiger partial charge in [-0.3, -0.25) is 15.1 Å². The maximum absolute atomic E-state index is 12.1. The second-order valence-electron chi connectivity index (χ2n) is 4.15. The van der Waals surface area contributed by atoms with Crippen LogP contribution in [0.4, 0.5) is 0 Å². The number of benzene rings is 1. The summed E-state index contributed by atoms with van der Waals surface area (Å²) in [5.74, 6) is 0.287. The molecule has 1 aliphatic heterocycles. The summed E-state index contributed by atoms with van der Waals surface area (Å²) in [5.41, 5.74) is -0.247. The zero-order chi connectivity index (χ0) is 13.3. The van der Waals surface area contributed by atoms with Crippen LogP contribution in [0.25, 0.3) is 0 Å². The highest BCUT2D eigenvalue weighted by Crippen LogP contribution is 2.32. The maximum Gasteiger partial charge on any atom is 0.256 e. The second kappa shape index (κ2) is 4.78. The van der Waals surface area contributed by atoms with Crippen molar-refractivity contribution in [1.29, 1.82) is 0 Å². The SMILES string of the molecule is CCN=C1NC(=O)C(C)(c2ccc(Cl)cc2Cl)N1. The third kappa shape index (κ3) is 2.18. The van der Waals surface area contributed by atoms with E-state index < -0.39 is 5.54 Å². The number of rotatable bonds is 2. The van der Waals surface area contributed by atoms with Crippen LogP contribution in [-0.4, -0.2) is 18.4 Å². The van der Waals surface area contributed by atoms with Gasteiger partial charge in [0, 0.05) is 22.2 Å². The van der Waals surface area contributed by atoms with Gasteiger partial charge in [-0.2, -0.15) is 0 Å². The summed E-state index contributed by atoms with van der Waals surface area (Å²) in [7, 11) is 0. The predicted molar refractivity (Wildman–Crippen MR) is 73.1 cm³/mol. The minimum absolute atomic E-state index is 0.182. The van der Waals surface area contributed by atoms with Gasteiger partial charge in [0.25, 0.3) is 5.91 Å². The largest absolute Gasteiger partial charge is 0.338 e. The molecule has 0 bridgehead atoms. The molecule has 0 aliphatic carbocycles. The summed E-state index contributed by atoms with van der Waals surface area (Å²) in [6.45, 7) is 4.24. The van der Waals surface area contributed by atoms with E-state index in [1.807, 2.05) is 6.92 Å². The molecule has 1 aromatic rings. The molecule has 0 spiro atoms. The Morgan fingerprint density at radius 3 is 2.72 bits per heavy atom. The highest BCUT2D eigenvalue weighted by molar-refractivity contribution is 6.35. The van der Waals surface area contributed by atoms with Crippen LogP contribution in [0.15, 0.2) is 23.2 Å². The van der Waals surface area contributed by atoms with Crippen LogP contribution in [0.2, 0.25) is 10.0 Å². The lowest BCUT2D eigenvalue weighted by Gasteiger charge is -2.22. The monoisotopic (exact) mass is 285 g/mol. The van der Waals surface area contributed by atoms with Crippen molar-refractivity contribution in [3.05, 3.63) is 33.8 Å². The Kier molecular flexibility index (Phi) is 3.50. The van der Waals surface area contributed by atoms with E-state index in [0.717, 1.165) is 0 Å². The summed E-state index contributed by atoms with van der Waals surface area (Å²) in [4.78, 5) is 16.2. The van der Waals surface area contributed by atoms with Gasteiger partial charge >= 0.3 is 0 Å². The first-order valence-electron chi connectivity index (χ1n) is 5.57. The fourth-order valence-electron chi connectivity index (χ4n) is 1.88. The number of nitrogens with one attached hydrogen (secondary N) is 2. The Balaban J connectivity index is 2.43. The van der Waals surface area contributed by atoms with E-state index in [9.17, 15) is 4.79 Å². The molecule has 1 fully saturated rings. The van der Waals surface area contributed by atoms with Crippen molar-refractivity contribution in [2.24, 2.45) is 4.99 Å². The number of hydrogen-bond acceptors (Lipinski definition) is 2. The van der Waals surface area contributed by atoms with Gasteiger partial charge < -0.3 is 5.32 Å². The molecule has 4 nitrogen and oxygen atoms in total. The Hall–Kier alpha value is -1.26. The van der Waals surface area contributed by atoms with Gasteiger partial charge in [0.05, 0.1) is 0 Å². The molecule has 1 saturated heterocycles. The van der Waals surface area contributed by atoms with Crippen LogP contribution in [-0.2, 0) is 10.3 Å². The number of carbonyl (C=O) groups is 1. The van der Waals surface area contributed by atoms with Gasteiger partial charge in [0.1, 0.15) is 5.54 Å². The van der Waals surface area contributed by atoms with Gasteiger partial charge in [0.15, 0.2) is 5.96 Å². The first-order chi connectivity index (χ1) is 8.47. The van der Waals surface area contributed by atoms with Gasteiger partial charge in [0.2, 0.25) is 0 Å². The maximum atomic E-state index is 12.1. The summed E-state index contributed by atoms with van der Waals surface area (Å²) in [5, 5.41) is 6.74. The fraction of sp³-hybridized carbons (Fsp3) is 0.333. The summed E-state index contributed by atoms with van der Waals surface area (Å²) in [6, 6.07) is 5.07. The molecule has 0 aromatic heterocycles. The zero-order valence-electron chi connectivity index (χ0n) is 10.1. The molecule has 0 saturated carbocycles. The van der Waals surface area contributed by atoms with Crippen LogP contribution in [0.5, 0.6) is 0 Å². The molecule has 0 radical (unpaired) electrons. The van der Waals surface area contributed by atoms with Crippen LogP contribution in [0.1, 0.15) is 19.4 Å². The number of aliphatic imine (C=N–C) groups is 1. The van der Waals surface area contributed by atoms with Gasteiger partial charge in [-0.05, 0) is 26.0 Å². The van der Waals surface area contributed by atoms with E-state index in [4.69, 9.17) is 23.2 Å². The number of nitrogens with zero attached hydrogens (tertiary/aromatic N) is 1. The Bertz CT molecular complexity index is 530. The lowest BCUT2D eigenvalue weighted by Crippen LogP contribution is -2.41. The number of carbonyl (C=O) groups excluding carboxylic acids is 1. The molecule has 1 atom stereocenters. The molecular formula is C12H13Cl2N3O. The van der Waals surface area contributed by atoms with Gasteiger partial charge in [-0.1, -0.05) is 29.3 Å². The average Bonchev–Trinajstić information content (AvgIpc) is 2.55. The number of hydrogen-bond donors (Lipinski definition) is 2. The van der Waals surface area contributed by atoms with Gasteiger partial charge in [-0.15, -0.1) is 0 Å². The molecule has 96 valence electrons. The van der Waals surface area contributed by atoms with Crippen LogP contribution in [0.3, 0.4) is 0 Å². The molecular weight excluding hydrogens is 273 g/mol. The van der Waals surface area contributed by atoms with Crippen LogP contribution in [0, 0.1) is 0 Å². The standard InChI is InChI=1S/C12H13Cl2N3O/c1-3-15-11-16-10(18)12(2,17-11)8-5-4-7(13)6-9(8)14/h4-6H,3H2,1-2H3,(H2,15,16,17,18). The van der Waals surface area contributed by atoms with Gasteiger partial charge in [-0.25, -0.2) is 0 Å². The normalized spacial score (nSPS) is 25.1. The Morgan fingerprint density at radius 2 is 2.11 bits per heavy atom. The van der Waals surface area contributed by atoms with Crippen molar-refractivity contribution in [2.75, 3.05) is 6.54 Å². The van der Waals surface area contributed by atoms with E-state index in [1.54, 1.807) is 25.1 Å². The fourth-order valence-corrected chi connectivity index (χ4v) is 2.48.